The lowest BCUT2D eigenvalue weighted by molar-refractivity contribution is -0.118. The molecule has 4 rings (SSSR count). The Balaban J connectivity index is 1.67. The highest BCUT2D eigenvalue weighted by molar-refractivity contribution is 5.83. The molecular weight excluding hydrogens is 248 g/mol. The van der Waals surface area contributed by atoms with E-state index in [0.29, 0.717) is 17.6 Å². The van der Waals surface area contributed by atoms with E-state index in [0.717, 1.165) is 51.4 Å². The summed E-state index contributed by atoms with van der Waals surface area (Å²) in [6, 6.07) is 0. The minimum Gasteiger partial charge on any atom is -0.393 e. The molecule has 1 N–H and O–H groups in total. The standard InChI is InChI=1S/C18H24O2/c1-18-7-6-14(20)10-12(18)2-4-16-15-5-3-13(19)8-11(15)9-17(16)18/h2,14,16-17,20H,3-10H2,1H3/t14-,16+,17-,18-/m0/s1. The first-order valence-electron chi connectivity index (χ1n) is 8.18. The second kappa shape index (κ2) is 4.30. The monoisotopic (exact) mass is 272 g/mol. The number of hydrogen-bond acceptors (Lipinski definition) is 2. The predicted molar refractivity (Wildman–Crippen MR) is 78.1 cm³/mol. The third-order valence-electron chi connectivity index (χ3n) is 6.56. The number of carbonyl (C=O) groups excluding carboxylic acids is 1. The maximum absolute atomic E-state index is 11.7. The summed E-state index contributed by atoms with van der Waals surface area (Å²) >= 11 is 0. The van der Waals surface area contributed by atoms with Gasteiger partial charge in [0.1, 0.15) is 5.78 Å². The first-order valence-corrected chi connectivity index (χ1v) is 8.18. The average molecular weight is 272 g/mol. The van der Waals surface area contributed by atoms with Gasteiger partial charge in [0.05, 0.1) is 6.10 Å². The van der Waals surface area contributed by atoms with Crippen LogP contribution in [0, 0.1) is 17.3 Å². The van der Waals surface area contributed by atoms with Crippen molar-refractivity contribution in [3.8, 4) is 0 Å². The first-order chi connectivity index (χ1) is 9.58. The number of carbonyl (C=O) groups is 1. The molecule has 4 atom stereocenters. The fourth-order valence-electron chi connectivity index (χ4n) is 5.39. The number of fused-ring (bicyclic) bond motifs is 4. The third-order valence-corrected chi connectivity index (χ3v) is 6.56. The molecule has 1 fully saturated rings. The van der Waals surface area contributed by atoms with E-state index in [1.807, 2.05) is 0 Å². The molecule has 2 heteroatoms. The van der Waals surface area contributed by atoms with Crippen molar-refractivity contribution in [1.82, 2.24) is 0 Å². The molecule has 0 amide bonds. The van der Waals surface area contributed by atoms with Crippen molar-refractivity contribution >= 4 is 5.78 Å². The molecule has 1 saturated carbocycles. The zero-order chi connectivity index (χ0) is 13.9. The van der Waals surface area contributed by atoms with Crippen LogP contribution in [0.4, 0.5) is 0 Å². The number of aliphatic hydroxyl groups is 1. The first kappa shape index (κ1) is 12.8. The minimum absolute atomic E-state index is 0.128. The fourth-order valence-corrected chi connectivity index (χ4v) is 5.39. The number of ketones is 1. The highest BCUT2D eigenvalue weighted by Gasteiger charge is 2.50. The number of hydrogen-bond donors (Lipinski definition) is 1. The van der Waals surface area contributed by atoms with Crippen molar-refractivity contribution in [2.45, 2.75) is 64.4 Å². The third kappa shape index (κ3) is 1.70. The quantitative estimate of drug-likeness (QED) is 0.685. The second-order valence-corrected chi connectivity index (χ2v) is 7.54. The summed E-state index contributed by atoms with van der Waals surface area (Å²) < 4.78 is 0. The van der Waals surface area contributed by atoms with Crippen LogP contribution in [0.1, 0.15) is 58.3 Å². The van der Waals surface area contributed by atoms with E-state index >= 15 is 0 Å². The Morgan fingerprint density at radius 3 is 3.00 bits per heavy atom. The molecule has 2 nitrogen and oxygen atoms in total. The average Bonchev–Trinajstić information content (AvgIpc) is 2.78. The van der Waals surface area contributed by atoms with Gasteiger partial charge in [0.25, 0.3) is 0 Å². The molecule has 0 radical (unpaired) electrons. The largest absolute Gasteiger partial charge is 0.393 e. The van der Waals surface area contributed by atoms with Crippen molar-refractivity contribution in [2.24, 2.45) is 17.3 Å². The molecule has 0 heterocycles. The van der Waals surface area contributed by atoms with Crippen molar-refractivity contribution < 1.29 is 9.90 Å². The van der Waals surface area contributed by atoms with E-state index in [1.165, 1.54) is 11.1 Å². The molecule has 0 unspecified atom stereocenters. The Morgan fingerprint density at radius 1 is 1.30 bits per heavy atom. The van der Waals surface area contributed by atoms with E-state index in [-0.39, 0.29) is 11.5 Å². The molecule has 4 aliphatic rings. The van der Waals surface area contributed by atoms with E-state index in [9.17, 15) is 9.90 Å². The molecule has 0 aliphatic heterocycles. The molecular formula is C18H24O2. The number of aliphatic hydroxyl groups excluding tert-OH is 1. The summed E-state index contributed by atoms with van der Waals surface area (Å²) in [7, 11) is 0. The lowest BCUT2D eigenvalue weighted by Crippen LogP contribution is -2.40. The Kier molecular flexibility index (Phi) is 2.76. The summed E-state index contributed by atoms with van der Waals surface area (Å²) in [6.07, 6.45) is 10.1. The summed E-state index contributed by atoms with van der Waals surface area (Å²) in [5.41, 5.74) is 4.90. The summed E-state index contributed by atoms with van der Waals surface area (Å²) in [6.45, 7) is 2.42. The highest BCUT2D eigenvalue weighted by Crippen LogP contribution is 2.60. The van der Waals surface area contributed by atoms with Gasteiger partial charge in [0.2, 0.25) is 0 Å². The second-order valence-electron chi connectivity index (χ2n) is 7.54. The zero-order valence-electron chi connectivity index (χ0n) is 12.3. The normalized spacial score (nSPS) is 43.8. The summed E-state index contributed by atoms with van der Waals surface area (Å²) in [4.78, 5) is 11.7. The lowest BCUT2D eigenvalue weighted by atomic mass is 9.56. The molecule has 20 heavy (non-hydrogen) atoms. The van der Waals surface area contributed by atoms with E-state index in [4.69, 9.17) is 0 Å². The van der Waals surface area contributed by atoms with Gasteiger partial charge >= 0.3 is 0 Å². The lowest BCUT2D eigenvalue weighted by Gasteiger charge is -2.48. The van der Waals surface area contributed by atoms with Gasteiger partial charge in [-0.2, -0.15) is 0 Å². The molecule has 0 saturated heterocycles. The van der Waals surface area contributed by atoms with Gasteiger partial charge in [-0.05, 0) is 55.8 Å². The number of allylic oxidation sites excluding steroid dienone is 3. The van der Waals surface area contributed by atoms with Crippen LogP contribution >= 0.6 is 0 Å². The molecule has 108 valence electrons. The van der Waals surface area contributed by atoms with Gasteiger partial charge in [-0.1, -0.05) is 29.7 Å². The van der Waals surface area contributed by atoms with Crippen LogP contribution in [0.2, 0.25) is 0 Å². The van der Waals surface area contributed by atoms with Crippen LogP contribution in [0.15, 0.2) is 22.8 Å². The van der Waals surface area contributed by atoms with Crippen molar-refractivity contribution in [3.05, 3.63) is 22.8 Å². The molecule has 0 aromatic carbocycles. The summed E-state index contributed by atoms with van der Waals surface area (Å²) in [5.74, 6) is 1.84. The van der Waals surface area contributed by atoms with Gasteiger partial charge in [-0.15, -0.1) is 0 Å². The van der Waals surface area contributed by atoms with Crippen LogP contribution < -0.4 is 0 Å². The fraction of sp³-hybridized carbons (Fsp3) is 0.722. The Hall–Kier alpha value is -0.890. The Morgan fingerprint density at radius 2 is 2.15 bits per heavy atom. The maximum Gasteiger partial charge on any atom is 0.137 e. The molecule has 0 aromatic heterocycles. The van der Waals surface area contributed by atoms with Gasteiger partial charge in [-0.25, -0.2) is 0 Å². The van der Waals surface area contributed by atoms with Crippen molar-refractivity contribution in [2.75, 3.05) is 0 Å². The zero-order valence-corrected chi connectivity index (χ0v) is 12.3. The van der Waals surface area contributed by atoms with Crippen molar-refractivity contribution in [1.29, 1.82) is 0 Å². The molecule has 0 aromatic rings. The molecule has 0 spiro atoms. The maximum atomic E-state index is 11.7. The molecule has 0 bridgehead atoms. The van der Waals surface area contributed by atoms with Crippen molar-refractivity contribution in [3.63, 3.8) is 0 Å². The van der Waals surface area contributed by atoms with Crippen LogP contribution in [-0.4, -0.2) is 17.0 Å². The number of rotatable bonds is 0. The predicted octanol–water partition coefficient (Wildman–Crippen LogP) is 3.55. The Bertz CT molecular complexity index is 528. The van der Waals surface area contributed by atoms with E-state index < -0.39 is 0 Å². The van der Waals surface area contributed by atoms with Crippen LogP contribution in [0.3, 0.4) is 0 Å². The Labute approximate surface area is 120 Å². The number of Topliss-reactive ketones (excluding diaryl/α,β-unsaturated/α-hetero) is 1. The van der Waals surface area contributed by atoms with Crippen LogP contribution in [0.5, 0.6) is 0 Å². The van der Waals surface area contributed by atoms with Crippen LogP contribution in [0.25, 0.3) is 0 Å². The van der Waals surface area contributed by atoms with Gasteiger partial charge < -0.3 is 5.11 Å². The van der Waals surface area contributed by atoms with Gasteiger partial charge in [-0.3, -0.25) is 4.79 Å². The highest BCUT2D eigenvalue weighted by atomic mass is 16.3. The van der Waals surface area contributed by atoms with Gasteiger partial charge in [0, 0.05) is 12.8 Å². The smallest absolute Gasteiger partial charge is 0.137 e. The van der Waals surface area contributed by atoms with E-state index in [1.54, 1.807) is 5.57 Å². The minimum atomic E-state index is -0.128. The molecule has 4 aliphatic carbocycles. The topological polar surface area (TPSA) is 37.3 Å². The van der Waals surface area contributed by atoms with Gasteiger partial charge in [0.15, 0.2) is 0 Å². The SMILES string of the molecule is C[C@]12CC[C@H](O)CC1=CC[C@@H]1C3=C(CC(=O)CC3)C[C@@H]12. The van der Waals surface area contributed by atoms with E-state index in [2.05, 4.69) is 13.0 Å². The summed E-state index contributed by atoms with van der Waals surface area (Å²) in [5, 5.41) is 9.95. The van der Waals surface area contributed by atoms with Crippen LogP contribution in [-0.2, 0) is 4.79 Å².